The summed E-state index contributed by atoms with van der Waals surface area (Å²) in [6.45, 7) is 3.79. The first-order valence-corrected chi connectivity index (χ1v) is 11.4. The fourth-order valence-corrected chi connectivity index (χ4v) is 4.97. The average Bonchev–Trinajstić information content (AvgIpc) is 3.42. The number of amidine groups is 1. The number of pyridine rings is 1. The molecule has 0 saturated carbocycles. The third-order valence-electron chi connectivity index (χ3n) is 5.00. The predicted molar refractivity (Wildman–Crippen MR) is 124 cm³/mol. The molecule has 0 atom stereocenters. The van der Waals surface area contributed by atoms with E-state index < -0.39 is 0 Å². The normalized spacial score (nSPS) is 19.7. The number of morpholine rings is 1. The molecule has 5 rings (SSSR count). The Morgan fingerprint density at radius 1 is 1.23 bits per heavy atom. The molecule has 2 aromatic heterocycles. The molecule has 0 spiro atoms. The highest BCUT2D eigenvalue weighted by atomic mass is 32.2. The highest BCUT2D eigenvalue weighted by molar-refractivity contribution is 8.18. The van der Waals surface area contributed by atoms with Gasteiger partial charge in [0, 0.05) is 35.2 Å². The van der Waals surface area contributed by atoms with Gasteiger partial charge in [0.15, 0.2) is 5.17 Å². The number of carbonyl (C=O) groups is 1. The van der Waals surface area contributed by atoms with E-state index in [1.54, 1.807) is 11.3 Å². The molecular formula is C22H20N4O2S2. The van der Waals surface area contributed by atoms with Gasteiger partial charge >= 0.3 is 0 Å². The number of carbonyl (C=O) groups excluding carboxylic acids is 1. The van der Waals surface area contributed by atoms with Gasteiger partial charge in [-0.25, -0.2) is 0 Å². The van der Waals surface area contributed by atoms with E-state index >= 15 is 0 Å². The molecule has 2 aliphatic heterocycles. The van der Waals surface area contributed by atoms with Crippen LogP contribution in [0, 0.1) is 0 Å². The minimum absolute atomic E-state index is 0.107. The van der Waals surface area contributed by atoms with E-state index in [2.05, 4.69) is 32.3 Å². The van der Waals surface area contributed by atoms with E-state index in [1.165, 1.54) is 16.6 Å². The number of ether oxygens (including phenoxy) is 1. The SMILES string of the molecule is O=C1NC(=NCc2cccs2)SC1=Cc1ccc2nccc(N3CCOCC3)c2c1. The Bertz CT molecular complexity index is 1140. The second kappa shape index (κ2) is 8.59. The second-order valence-corrected chi connectivity index (χ2v) is 9.03. The Hall–Kier alpha value is -2.68. The first-order chi connectivity index (χ1) is 14.8. The highest BCUT2D eigenvalue weighted by Crippen LogP contribution is 2.30. The van der Waals surface area contributed by atoms with Crippen LogP contribution in [0.3, 0.4) is 0 Å². The smallest absolute Gasteiger partial charge is 0.264 e. The lowest BCUT2D eigenvalue weighted by atomic mass is 10.1. The maximum Gasteiger partial charge on any atom is 0.264 e. The number of nitrogens with one attached hydrogen (secondary N) is 1. The van der Waals surface area contributed by atoms with E-state index in [-0.39, 0.29) is 5.91 Å². The summed E-state index contributed by atoms with van der Waals surface area (Å²) >= 11 is 3.05. The van der Waals surface area contributed by atoms with Crippen molar-refractivity contribution in [3.8, 4) is 0 Å². The lowest BCUT2D eigenvalue weighted by Crippen LogP contribution is -2.36. The average molecular weight is 437 g/mol. The molecule has 30 heavy (non-hydrogen) atoms. The van der Waals surface area contributed by atoms with Crippen LogP contribution in [-0.4, -0.2) is 42.4 Å². The van der Waals surface area contributed by atoms with Crippen molar-refractivity contribution in [2.24, 2.45) is 4.99 Å². The number of aromatic nitrogens is 1. The molecular weight excluding hydrogens is 416 g/mol. The third kappa shape index (κ3) is 4.12. The van der Waals surface area contributed by atoms with E-state index in [1.807, 2.05) is 41.9 Å². The monoisotopic (exact) mass is 436 g/mol. The summed E-state index contributed by atoms with van der Waals surface area (Å²) in [4.78, 5) is 25.6. The molecule has 1 amide bonds. The lowest BCUT2D eigenvalue weighted by molar-refractivity contribution is -0.115. The molecule has 0 aliphatic carbocycles. The fourth-order valence-electron chi connectivity index (χ4n) is 3.52. The molecule has 0 unspecified atom stereocenters. The number of rotatable bonds is 4. The van der Waals surface area contributed by atoms with Crippen molar-refractivity contribution in [2.75, 3.05) is 31.2 Å². The standard InChI is InChI=1S/C22H20N4O2S2/c27-21-20(30-22(25-21)24-14-16-2-1-11-29-16)13-15-3-4-18-17(12-15)19(5-6-23-18)26-7-9-28-10-8-26/h1-6,11-13H,7-10,14H2,(H,24,25,27). The Morgan fingerprint density at radius 2 is 2.13 bits per heavy atom. The molecule has 152 valence electrons. The van der Waals surface area contributed by atoms with Gasteiger partial charge in [-0.1, -0.05) is 12.1 Å². The van der Waals surface area contributed by atoms with Gasteiger partial charge in [0.2, 0.25) is 0 Å². The van der Waals surface area contributed by atoms with E-state index in [0.717, 1.165) is 48.5 Å². The van der Waals surface area contributed by atoms with Crippen LogP contribution in [0.15, 0.2) is 57.9 Å². The van der Waals surface area contributed by atoms with Crippen molar-refractivity contribution in [3.05, 3.63) is 63.3 Å². The van der Waals surface area contributed by atoms with Crippen LogP contribution in [0.2, 0.25) is 0 Å². The van der Waals surface area contributed by atoms with Gasteiger partial charge in [0.05, 0.1) is 30.2 Å². The number of amides is 1. The summed E-state index contributed by atoms with van der Waals surface area (Å²) in [5.41, 5.74) is 3.08. The van der Waals surface area contributed by atoms with Crippen LogP contribution in [0.25, 0.3) is 17.0 Å². The molecule has 6 nitrogen and oxygen atoms in total. The molecule has 3 aromatic rings. The van der Waals surface area contributed by atoms with Crippen LogP contribution in [-0.2, 0) is 16.1 Å². The Morgan fingerprint density at radius 3 is 2.97 bits per heavy atom. The summed E-state index contributed by atoms with van der Waals surface area (Å²) in [6, 6.07) is 12.2. The topological polar surface area (TPSA) is 66.8 Å². The predicted octanol–water partition coefficient (Wildman–Crippen LogP) is 3.89. The minimum atomic E-state index is -0.107. The van der Waals surface area contributed by atoms with Crippen molar-refractivity contribution in [2.45, 2.75) is 6.54 Å². The summed E-state index contributed by atoms with van der Waals surface area (Å²) in [5.74, 6) is -0.107. The minimum Gasteiger partial charge on any atom is -0.378 e. The van der Waals surface area contributed by atoms with Crippen LogP contribution >= 0.6 is 23.1 Å². The quantitative estimate of drug-likeness (QED) is 0.629. The van der Waals surface area contributed by atoms with Gasteiger partial charge < -0.3 is 15.0 Å². The zero-order valence-corrected chi connectivity index (χ0v) is 17.8. The maximum absolute atomic E-state index is 12.4. The van der Waals surface area contributed by atoms with E-state index in [9.17, 15) is 4.79 Å². The van der Waals surface area contributed by atoms with E-state index in [4.69, 9.17) is 4.74 Å². The first kappa shape index (κ1) is 19.3. The van der Waals surface area contributed by atoms with E-state index in [0.29, 0.717) is 16.6 Å². The van der Waals surface area contributed by atoms with Crippen molar-refractivity contribution < 1.29 is 9.53 Å². The van der Waals surface area contributed by atoms with Crippen LogP contribution in [0.4, 0.5) is 5.69 Å². The number of benzene rings is 1. The zero-order valence-electron chi connectivity index (χ0n) is 16.2. The Balaban J connectivity index is 1.41. The molecule has 2 saturated heterocycles. The number of fused-ring (bicyclic) bond motifs is 1. The molecule has 4 heterocycles. The van der Waals surface area contributed by atoms with Crippen LogP contribution in [0.5, 0.6) is 0 Å². The van der Waals surface area contributed by atoms with Crippen molar-refractivity contribution in [1.82, 2.24) is 10.3 Å². The molecule has 0 radical (unpaired) electrons. The Kier molecular flexibility index (Phi) is 5.52. The van der Waals surface area contributed by atoms with Crippen molar-refractivity contribution >= 4 is 56.8 Å². The van der Waals surface area contributed by atoms with Gasteiger partial charge in [-0.3, -0.25) is 14.8 Å². The zero-order chi connectivity index (χ0) is 20.3. The van der Waals surface area contributed by atoms with Gasteiger partial charge in [-0.05, 0) is 53.0 Å². The molecule has 8 heteroatoms. The molecule has 2 aliphatic rings. The molecule has 1 aromatic carbocycles. The fraction of sp³-hybridized carbons (Fsp3) is 0.227. The number of thiophene rings is 1. The van der Waals surface area contributed by atoms with Crippen molar-refractivity contribution in [3.63, 3.8) is 0 Å². The number of nitrogens with zero attached hydrogens (tertiary/aromatic N) is 3. The summed E-state index contributed by atoms with van der Waals surface area (Å²) in [7, 11) is 0. The maximum atomic E-state index is 12.4. The lowest BCUT2D eigenvalue weighted by Gasteiger charge is -2.29. The summed E-state index contributed by atoms with van der Waals surface area (Å²) < 4.78 is 5.49. The third-order valence-corrected chi connectivity index (χ3v) is 6.81. The Labute approximate surface area is 182 Å². The number of aliphatic imine (C=N–C) groups is 1. The van der Waals surface area contributed by atoms with Gasteiger partial charge in [0.1, 0.15) is 0 Å². The van der Waals surface area contributed by atoms with Crippen LogP contribution < -0.4 is 10.2 Å². The first-order valence-electron chi connectivity index (χ1n) is 9.75. The van der Waals surface area contributed by atoms with Crippen LogP contribution in [0.1, 0.15) is 10.4 Å². The number of thioether (sulfide) groups is 1. The second-order valence-electron chi connectivity index (χ2n) is 6.97. The number of hydrogen-bond acceptors (Lipinski definition) is 7. The van der Waals surface area contributed by atoms with Gasteiger partial charge in [-0.2, -0.15) is 0 Å². The molecule has 1 N–H and O–H groups in total. The number of hydrogen-bond donors (Lipinski definition) is 1. The van der Waals surface area contributed by atoms with Crippen molar-refractivity contribution in [1.29, 1.82) is 0 Å². The number of anilines is 1. The molecule has 2 fully saturated rings. The largest absolute Gasteiger partial charge is 0.378 e. The summed E-state index contributed by atoms with van der Waals surface area (Å²) in [6.07, 6.45) is 3.77. The van der Waals surface area contributed by atoms with Gasteiger partial charge in [-0.15, -0.1) is 11.3 Å². The van der Waals surface area contributed by atoms with Gasteiger partial charge in [0.25, 0.3) is 5.91 Å². The summed E-state index contributed by atoms with van der Waals surface area (Å²) in [5, 5.41) is 6.63. The highest BCUT2D eigenvalue weighted by Gasteiger charge is 2.23. The molecule has 0 bridgehead atoms.